The van der Waals surface area contributed by atoms with Crippen LogP contribution in [0.25, 0.3) is 0 Å². The predicted octanol–water partition coefficient (Wildman–Crippen LogP) is 6.04. The van der Waals surface area contributed by atoms with E-state index >= 15 is 0 Å². The Balaban J connectivity index is 1.93. The summed E-state index contributed by atoms with van der Waals surface area (Å²) in [5.41, 5.74) is 2.36. The smallest absolute Gasteiger partial charge is 0.247 e. The maximum Gasteiger partial charge on any atom is 0.247 e. The van der Waals surface area contributed by atoms with Gasteiger partial charge in [-0.15, -0.1) is 0 Å². The number of rotatable bonds is 9. The Hall–Kier alpha value is -3.02. The first kappa shape index (κ1) is 25.6. The molecule has 1 N–H and O–H groups in total. The molecule has 1 atom stereocenters. The average molecular weight is 499 g/mol. The van der Waals surface area contributed by atoms with Gasteiger partial charge < -0.3 is 15.0 Å². The van der Waals surface area contributed by atoms with Crippen LogP contribution in [0.3, 0.4) is 0 Å². The molecule has 0 fully saturated rings. The Kier molecular flexibility index (Phi) is 8.97. The summed E-state index contributed by atoms with van der Waals surface area (Å²) in [6.07, 6.45) is 0. The fraction of sp³-hybridized carbons (Fsp3) is 0.259. The number of nitrogens with one attached hydrogen (secondary N) is 1. The molecule has 178 valence electrons. The van der Waals surface area contributed by atoms with Crippen molar-refractivity contribution in [2.24, 2.45) is 5.92 Å². The Morgan fingerprint density at radius 1 is 0.971 bits per heavy atom. The Morgan fingerprint density at radius 2 is 1.65 bits per heavy atom. The lowest BCUT2D eigenvalue weighted by Crippen LogP contribution is -2.44. The number of hydrogen-bond donors (Lipinski definition) is 1. The molecule has 0 spiro atoms. The number of nitrogens with zero attached hydrogens (tertiary/aromatic N) is 1. The third kappa shape index (κ3) is 6.52. The van der Waals surface area contributed by atoms with Gasteiger partial charge in [-0.2, -0.15) is 0 Å². The maximum absolute atomic E-state index is 13.6. The van der Waals surface area contributed by atoms with Crippen molar-refractivity contribution in [3.63, 3.8) is 0 Å². The number of methoxy groups -OCH3 is 1. The van der Waals surface area contributed by atoms with Crippen LogP contribution < -0.4 is 10.1 Å². The summed E-state index contributed by atoms with van der Waals surface area (Å²) in [5.74, 6) is 0.0229. The second kappa shape index (κ2) is 11.9. The number of carbonyl (C=O) groups excluding carboxylic acids is 2. The van der Waals surface area contributed by atoms with Crippen LogP contribution in [-0.4, -0.2) is 23.8 Å². The van der Waals surface area contributed by atoms with Crippen LogP contribution in [0.1, 0.15) is 36.6 Å². The summed E-state index contributed by atoms with van der Waals surface area (Å²) < 4.78 is 5.24. The van der Waals surface area contributed by atoms with Crippen LogP contribution in [0.15, 0.2) is 72.8 Å². The van der Waals surface area contributed by atoms with Crippen molar-refractivity contribution in [2.75, 3.05) is 7.11 Å². The third-order valence-corrected chi connectivity index (χ3v) is 6.02. The van der Waals surface area contributed by atoms with Gasteiger partial charge in [0.25, 0.3) is 0 Å². The monoisotopic (exact) mass is 498 g/mol. The lowest BCUT2D eigenvalue weighted by molar-refractivity contribution is -0.144. The van der Waals surface area contributed by atoms with Crippen LogP contribution in [0.4, 0.5) is 0 Å². The minimum atomic E-state index is -0.815. The first-order valence-electron chi connectivity index (χ1n) is 11.0. The first-order valence-corrected chi connectivity index (χ1v) is 11.8. The fourth-order valence-corrected chi connectivity index (χ4v) is 4.08. The van der Waals surface area contributed by atoms with Gasteiger partial charge in [0.2, 0.25) is 11.8 Å². The Morgan fingerprint density at radius 3 is 2.24 bits per heavy atom. The van der Waals surface area contributed by atoms with E-state index in [4.69, 9.17) is 27.9 Å². The van der Waals surface area contributed by atoms with E-state index in [2.05, 4.69) is 5.32 Å². The summed E-state index contributed by atoms with van der Waals surface area (Å²) in [6.45, 7) is 4.15. The number of carbonyl (C=O) groups is 2. The molecule has 0 aromatic heterocycles. The molecule has 0 aliphatic heterocycles. The van der Waals surface area contributed by atoms with Gasteiger partial charge >= 0.3 is 0 Å². The topological polar surface area (TPSA) is 58.6 Å². The molecule has 2 amide bonds. The van der Waals surface area contributed by atoms with Crippen molar-refractivity contribution < 1.29 is 14.3 Å². The van der Waals surface area contributed by atoms with E-state index in [1.54, 1.807) is 30.2 Å². The molecule has 3 rings (SSSR count). The highest BCUT2D eigenvalue weighted by molar-refractivity contribution is 6.35. The standard InChI is InChI=1S/C27H28Cl2N2O3/c1-18(2)27(33)31(17-19-9-13-23(34-3)14-10-19)25(20-7-5-4-6-8-20)26(32)30-16-21-11-12-22(28)15-24(21)29/h4-15,18,25H,16-17H2,1-3H3,(H,30,32)/t25-/m1/s1. The summed E-state index contributed by atoms with van der Waals surface area (Å²) in [5, 5.41) is 3.95. The molecule has 0 saturated carbocycles. The molecule has 3 aromatic carbocycles. The van der Waals surface area contributed by atoms with Crippen molar-refractivity contribution >= 4 is 35.0 Å². The molecule has 34 heavy (non-hydrogen) atoms. The predicted molar refractivity (Wildman–Crippen MR) is 136 cm³/mol. The first-order chi connectivity index (χ1) is 16.3. The van der Waals surface area contributed by atoms with Crippen molar-refractivity contribution in [1.29, 1.82) is 0 Å². The Labute approximate surface area is 210 Å². The number of halogens is 2. The number of amides is 2. The van der Waals surface area contributed by atoms with Crippen molar-refractivity contribution in [3.05, 3.63) is 99.5 Å². The van der Waals surface area contributed by atoms with Crippen LogP contribution in [0, 0.1) is 5.92 Å². The van der Waals surface area contributed by atoms with E-state index in [0.717, 1.165) is 22.4 Å². The minimum absolute atomic E-state index is 0.121. The van der Waals surface area contributed by atoms with E-state index in [1.165, 1.54) is 0 Å². The van der Waals surface area contributed by atoms with Crippen LogP contribution in [-0.2, 0) is 22.7 Å². The highest BCUT2D eigenvalue weighted by Crippen LogP contribution is 2.27. The molecular weight excluding hydrogens is 471 g/mol. The van der Waals surface area contributed by atoms with Gasteiger partial charge in [0.1, 0.15) is 11.8 Å². The normalized spacial score (nSPS) is 11.7. The second-order valence-electron chi connectivity index (χ2n) is 8.24. The van der Waals surface area contributed by atoms with Crippen molar-refractivity contribution in [2.45, 2.75) is 33.0 Å². The van der Waals surface area contributed by atoms with Gasteiger partial charge in [-0.3, -0.25) is 9.59 Å². The zero-order valence-electron chi connectivity index (χ0n) is 19.4. The van der Waals surface area contributed by atoms with Crippen molar-refractivity contribution in [1.82, 2.24) is 10.2 Å². The summed E-state index contributed by atoms with van der Waals surface area (Å²) >= 11 is 12.3. The molecule has 0 bridgehead atoms. The number of benzene rings is 3. The SMILES string of the molecule is COc1ccc(CN(C(=O)C(C)C)[C@@H](C(=O)NCc2ccc(Cl)cc2Cl)c2ccccc2)cc1. The van der Waals surface area contributed by atoms with E-state index in [9.17, 15) is 9.59 Å². The molecule has 0 heterocycles. The van der Waals surface area contributed by atoms with E-state index in [-0.39, 0.29) is 30.8 Å². The average Bonchev–Trinajstić information content (AvgIpc) is 2.83. The molecular formula is C27H28Cl2N2O3. The van der Waals surface area contributed by atoms with Crippen molar-refractivity contribution in [3.8, 4) is 5.75 Å². The molecule has 0 radical (unpaired) electrons. The lowest BCUT2D eigenvalue weighted by atomic mass is 10.0. The minimum Gasteiger partial charge on any atom is -0.497 e. The molecule has 0 aliphatic carbocycles. The Bertz CT molecular complexity index is 1120. The number of ether oxygens (including phenoxy) is 1. The lowest BCUT2D eigenvalue weighted by Gasteiger charge is -2.33. The third-order valence-electron chi connectivity index (χ3n) is 5.43. The van der Waals surface area contributed by atoms with Gasteiger partial charge in [0.05, 0.1) is 7.11 Å². The molecule has 3 aromatic rings. The van der Waals surface area contributed by atoms with Gasteiger partial charge in [0.15, 0.2) is 0 Å². The molecule has 0 unspecified atom stereocenters. The van der Waals surface area contributed by atoms with Gasteiger partial charge in [-0.05, 0) is 41.0 Å². The molecule has 0 saturated heterocycles. The fourth-order valence-electron chi connectivity index (χ4n) is 3.61. The number of hydrogen-bond acceptors (Lipinski definition) is 3. The van der Waals surface area contributed by atoms with Gasteiger partial charge in [-0.25, -0.2) is 0 Å². The molecule has 5 nitrogen and oxygen atoms in total. The van der Waals surface area contributed by atoms with Gasteiger partial charge in [0, 0.05) is 29.1 Å². The quantitative estimate of drug-likeness (QED) is 0.390. The highest BCUT2D eigenvalue weighted by atomic mass is 35.5. The summed E-state index contributed by atoms with van der Waals surface area (Å²) in [7, 11) is 1.60. The molecule has 0 aliphatic rings. The van der Waals surface area contributed by atoms with Gasteiger partial charge in [-0.1, -0.05) is 85.6 Å². The van der Waals surface area contributed by atoms with E-state index < -0.39 is 6.04 Å². The maximum atomic E-state index is 13.6. The summed E-state index contributed by atoms with van der Waals surface area (Å²) in [4.78, 5) is 28.5. The largest absolute Gasteiger partial charge is 0.497 e. The molecule has 7 heteroatoms. The second-order valence-corrected chi connectivity index (χ2v) is 9.08. The van der Waals surface area contributed by atoms with E-state index in [1.807, 2.05) is 68.4 Å². The van der Waals surface area contributed by atoms with Crippen LogP contribution >= 0.6 is 23.2 Å². The van der Waals surface area contributed by atoms with Crippen LogP contribution in [0.5, 0.6) is 5.75 Å². The zero-order chi connectivity index (χ0) is 24.7. The zero-order valence-corrected chi connectivity index (χ0v) is 20.9. The van der Waals surface area contributed by atoms with E-state index in [0.29, 0.717) is 10.0 Å². The summed E-state index contributed by atoms with van der Waals surface area (Å²) in [6, 6.07) is 21.1. The highest BCUT2D eigenvalue weighted by Gasteiger charge is 2.32. The van der Waals surface area contributed by atoms with Crippen LogP contribution in [0.2, 0.25) is 10.0 Å².